The van der Waals surface area contributed by atoms with Crippen molar-refractivity contribution in [3.8, 4) is 0 Å². The molecular formula is C5N5O5Ta. The summed E-state index contributed by atoms with van der Waals surface area (Å²) >= 11 is 0. The first-order chi connectivity index (χ1) is 7.07. The molecule has 0 aliphatic rings. The van der Waals surface area contributed by atoms with Crippen LogP contribution < -0.4 is 0 Å². The van der Waals surface area contributed by atoms with Gasteiger partial charge in [0, 0.05) is 0 Å². The molecule has 0 bridgehead atoms. The number of rotatable bonds is 0. The normalized spacial score (nSPS) is 2.50. The summed E-state index contributed by atoms with van der Waals surface area (Å²) in [5.41, 5.74) is 0. The van der Waals surface area contributed by atoms with E-state index < -0.39 is 0 Å². The summed E-state index contributed by atoms with van der Waals surface area (Å²) < 4.78 is 0. The fourth-order valence-electron chi connectivity index (χ4n) is 0. The average Bonchev–Trinajstić information content (AvgIpc) is 2.09. The van der Waals surface area contributed by atoms with E-state index in [0.717, 1.165) is 0 Å². The van der Waals surface area contributed by atoms with Crippen molar-refractivity contribution < 1.29 is 46.4 Å². The predicted molar refractivity (Wildman–Crippen MR) is 45.3 cm³/mol. The number of isocyanates is 5. The number of hydrogen-bond donors (Lipinski definition) is 0. The molecule has 11 heteroatoms. The molecule has 0 saturated carbocycles. The Labute approximate surface area is 104 Å². The van der Waals surface area contributed by atoms with Crippen LogP contribution in [0.4, 0.5) is 0 Å². The van der Waals surface area contributed by atoms with Gasteiger partial charge < -0.3 is 27.0 Å². The van der Waals surface area contributed by atoms with Crippen LogP contribution in [0.15, 0.2) is 0 Å². The summed E-state index contributed by atoms with van der Waals surface area (Å²) in [5.74, 6) is 0. The van der Waals surface area contributed by atoms with Crippen LogP contribution in [0.3, 0.4) is 0 Å². The third kappa shape index (κ3) is 237. The SMILES string of the molecule is [N-]=C=O.[N-]=C=O.[N-]=C=O.[N-]=C=O.[N-]=C=O.[Ta+5]. The summed E-state index contributed by atoms with van der Waals surface area (Å²) in [6, 6.07) is 0. The molecule has 0 rings (SSSR count). The second kappa shape index (κ2) is 246. The summed E-state index contributed by atoms with van der Waals surface area (Å²) in [7, 11) is 0. The van der Waals surface area contributed by atoms with Gasteiger partial charge in [0.25, 0.3) is 0 Å². The van der Waals surface area contributed by atoms with Crippen molar-refractivity contribution in [1.82, 2.24) is 0 Å². The molecule has 0 saturated heterocycles. The molecule has 0 atom stereocenters. The van der Waals surface area contributed by atoms with Crippen molar-refractivity contribution in [2.75, 3.05) is 0 Å². The number of carbonyl (C=O) groups excluding carboxylic acids is 5. The minimum Gasteiger partial charge on any atom is -0.724 e. The van der Waals surface area contributed by atoms with E-state index in [-0.39, 0.29) is 22.4 Å². The molecule has 0 aromatic heterocycles. The van der Waals surface area contributed by atoms with Crippen molar-refractivity contribution in [2.24, 2.45) is 0 Å². The van der Waals surface area contributed by atoms with Gasteiger partial charge in [-0.3, -0.25) is 24.0 Å². The Morgan fingerprint density at radius 2 is 0.438 bits per heavy atom. The minimum absolute atomic E-state index is 0. The molecule has 0 N–H and O–H groups in total. The van der Waals surface area contributed by atoms with Crippen LogP contribution in [0.1, 0.15) is 0 Å². The van der Waals surface area contributed by atoms with E-state index in [4.69, 9.17) is 51.0 Å². The molecule has 0 radical (unpaired) electrons. The van der Waals surface area contributed by atoms with E-state index in [0.29, 0.717) is 30.4 Å². The third-order valence-electron chi connectivity index (χ3n) is 0. The Morgan fingerprint density at radius 3 is 0.438 bits per heavy atom. The molecular weight excluding hydrogens is 391 g/mol. The zero-order chi connectivity index (χ0) is 13.5. The maximum Gasteiger partial charge on any atom is 5.00 e. The fourth-order valence-corrected chi connectivity index (χ4v) is 0. The number of hydrogen-bond acceptors (Lipinski definition) is 5. The molecule has 0 unspecified atom stereocenters. The van der Waals surface area contributed by atoms with Crippen molar-refractivity contribution in [2.45, 2.75) is 0 Å². The second-order valence-electron chi connectivity index (χ2n) is 0.456. The standard InChI is InChI=1S/5CNO.Ta/c5*2-1-3;/q5*-1;+5. The molecule has 0 heterocycles. The average molecular weight is 391 g/mol. The molecule has 0 aromatic carbocycles. The van der Waals surface area contributed by atoms with Gasteiger partial charge in [-0.2, -0.15) is 0 Å². The molecule has 0 amide bonds. The van der Waals surface area contributed by atoms with E-state index in [1.165, 1.54) is 0 Å². The van der Waals surface area contributed by atoms with Crippen LogP contribution in [0.5, 0.6) is 0 Å². The van der Waals surface area contributed by atoms with Gasteiger partial charge in [0.1, 0.15) is 0 Å². The van der Waals surface area contributed by atoms with E-state index in [1.54, 1.807) is 0 Å². The summed E-state index contributed by atoms with van der Waals surface area (Å²) in [4.78, 5) is 41.2. The van der Waals surface area contributed by atoms with Crippen LogP contribution in [-0.2, 0) is 46.4 Å². The van der Waals surface area contributed by atoms with Gasteiger partial charge in [-0.05, 0) is 30.4 Å². The van der Waals surface area contributed by atoms with E-state index >= 15 is 0 Å². The topological polar surface area (TPSA) is 197 Å². The Bertz CT molecular complexity index is 204. The molecule has 80 valence electrons. The first-order valence-corrected chi connectivity index (χ1v) is 2.14. The molecule has 16 heavy (non-hydrogen) atoms. The molecule has 0 fully saturated rings. The van der Waals surface area contributed by atoms with Gasteiger partial charge >= 0.3 is 22.4 Å². The maximum atomic E-state index is 8.24. The van der Waals surface area contributed by atoms with Gasteiger partial charge in [0.15, 0.2) is 0 Å². The Hall–Kier alpha value is -2.36. The fraction of sp³-hybridized carbons (Fsp3) is 0. The van der Waals surface area contributed by atoms with Crippen LogP contribution in [-0.4, -0.2) is 30.4 Å². The molecule has 0 spiro atoms. The minimum atomic E-state index is 0. The van der Waals surface area contributed by atoms with Crippen LogP contribution in [0.2, 0.25) is 0 Å². The van der Waals surface area contributed by atoms with Crippen molar-refractivity contribution in [3.05, 3.63) is 27.0 Å². The van der Waals surface area contributed by atoms with Gasteiger partial charge in [-0.25, -0.2) is 0 Å². The first kappa shape index (κ1) is 37.3. The third-order valence-corrected chi connectivity index (χ3v) is 0. The van der Waals surface area contributed by atoms with Gasteiger partial charge in [0.2, 0.25) is 0 Å². The second-order valence-corrected chi connectivity index (χ2v) is 0.456. The van der Waals surface area contributed by atoms with Crippen molar-refractivity contribution in [3.63, 3.8) is 0 Å². The Balaban J connectivity index is -0.0000000192. The van der Waals surface area contributed by atoms with Crippen LogP contribution >= 0.6 is 0 Å². The largest absolute Gasteiger partial charge is 5.00 e. The Kier molecular flexibility index (Phi) is 573. The predicted octanol–water partition coefficient (Wildman–Crippen LogP) is -0.544. The van der Waals surface area contributed by atoms with Gasteiger partial charge in [-0.1, -0.05) is 0 Å². The zero-order valence-electron chi connectivity index (χ0n) is 7.22. The zero-order valence-corrected chi connectivity index (χ0v) is 10.4. The van der Waals surface area contributed by atoms with E-state index in [2.05, 4.69) is 0 Å². The summed E-state index contributed by atoms with van der Waals surface area (Å²) in [5, 5.41) is 33.8. The quantitative estimate of drug-likeness (QED) is 0.394. The van der Waals surface area contributed by atoms with Crippen molar-refractivity contribution in [1.29, 1.82) is 0 Å². The monoisotopic (exact) mass is 391 g/mol. The van der Waals surface area contributed by atoms with Crippen LogP contribution in [0, 0.1) is 0 Å². The van der Waals surface area contributed by atoms with E-state index in [1.807, 2.05) is 0 Å². The Morgan fingerprint density at radius 1 is 0.438 bits per heavy atom. The molecule has 10 nitrogen and oxygen atoms in total. The molecule has 0 aliphatic heterocycles. The van der Waals surface area contributed by atoms with Gasteiger partial charge in [-0.15, -0.1) is 0 Å². The van der Waals surface area contributed by atoms with Gasteiger partial charge in [0.05, 0.1) is 0 Å². The first-order valence-electron chi connectivity index (χ1n) is 2.14. The molecule has 0 aliphatic carbocycles. The van der Waals surface area contributed by atoms with Crippen molar-refractivity contribution >= 4 is 30.4 Å². The van der Waals surface area contributed by atoms with E-state index in [9.17, 15) is 0 Å². The number of nitrogens with zero attached hydrogens (tertiary/aromatic N) is 5. The smallest absolute Gasteiger partial charge is 0.724 e. The maximum absolute atomic E-state index is 8.24. The summed E-state index contributed by atoms with van der Waals surface area (Å²) in [6.07, 6.45) is 2.50. The van der Waals surface area contributed by atoms with Crippen LogP contribution in [0.25, 0.3) is 27.0 Å². The summed E-state index contributed by atoms with van der Waals surface area (Å²) in [6.45, 7) is 0. The molecule has 0 aromatic rings.